The molecule has 34 heavy (non-hydrogen) atoms. The second kappa shape index (κ2) is 12.6. The van der Waals surface area contributed by atoms with E-state index in [1.165, 1.54) is 26.0 Å². The van der Waals surface area contributed by atoms with Gasteiger partial charge in [-0.05, 0) is 25.0 Å². The maximum Gasteiger partial charge on any atom is 0.408 e. The van der Waals surface area contributed by atoms with Crippen LogP contribution in [0.1, 0.15) is 30.5 Å². The number of halogens is 2. The van der Waals surface area contributed by atoms with Crippen molar-refractivity contribution in [3.8, 4) is 0 Å². The Morgan fingerprint density at radius 2 is 1.56 bits per heavy atom. The molecule has 1 atom stereocenters. The van der Waals surface area contributed by atoms with Crippen molar-refractivity contribution in [1.29, 1.82) is 0 Å². The van der Waals surface area contributed by atoms with Gasteiger partial charge in [0.1, 0.15) is 12.6 Å². The van der Waals surface area contributed by atoms with Gasteiger partial charge in [0.25, 0.3) is 0 Å². The molecular formula is C23H28F2NO7P. The summed E-state index contributed by atoms with van der Waals surface area (Å²) in [4.78, 5) is 24.3. The first-order valence-corrected chi connectivity index (χ1v) is 12.1. The van der Waals surface area contributed by atoms with Gasteiger partial charge in [0.05, 0.1) is 20.3 Å². The third-order valence-electron chi connectivity index (χ3n) is 4.67. The molecule has 8 nitrogen and oxygen atoms in total. The molecule has 0 aromatic heterocycles. The van der Waals surface area contributed by atoms with Gasteiger partial charge in [-0.15, -0.1) is 0 Å². The number of carbonyl (C=O) groups excluding carboxylic acids is 2. The summed E-state index contributed by atoms with van der Waals surface area (Å²) in [6.07, 6.45) is -0.884. The molecule has 2 rings (SSSR count). The third kappa shape index (κ3) is 7.09. The molecule has 186 valence electrons. The molecule has 0 saturated carbocycles. The lowest BCUT2D eigenvalue weighted by atomic mass is 10.0. The normalized spacial score (nSPS) is 12.6. The molecule has 0 saturated heterocycles. The number of nitrogens with one attached hydrogen (secondary N) is 1. The molecule has 0 fully saturated rings. The van der Waals surface area contributed by atoms with Crippen LogP contribution in [-0.4, -0.2) is 38.4 Å². The van der Waals surface area contributed by atoms with Crippen LogP contribution in [0, 0.1) is 0 Å². The van der Waals surface area contributed by atoms with E-state index in [1.807, 2.05) is 6.07 Å². The highest BCUT2D eigenvalue weighted by molar-refractivity contribution is 7.54. The van der Waals surface area contributed by atoms with Gasteiger partial charge in [-0.25, -0.2) is 9.59 Å². The van der Waals surface area contributed by atoms with Crippen LogP contribution in [0.3, 0.4) is 0 Å². The quantitative estimate of drug-likeness (QED) is 0.324. The number of alkyl carbamates (subject to hydrolysis) is 1. The highest BCUT2D eigenvalue weighted by Crippen LogP contribution is 2.66. The Kier molecular flexibility index (Phi) is 10.2. The molecule has 0 aliphatic rings. The van der Waals surface area contributed by atoms with Gasteiger partial charge in [-0.3, -0.25) is 4.57 Å². The van der Waals surface area contributed by atoms with Crippen molar-refractivity contribution in [3.05, 3.63) is 71.3 Å². The number of methoxy groups -OCH3 is 1. The number of hydrogen-bond acceptors (Lipinski definition) is 7. The fourth-order valence-electron chi connectivity index (χ4n) is 3.02. The van der Waals surface area contributed by atoms with E-state index >= 15 is 0 Å². The van der Waals surface area contributed by atoms with Gasteiger partial charge in [-0.1, -0.05) is 54.6 Å². The summed E-state index contributed by atoms with van der Waals surface area (Å²) in [6.45, 7) is 2.46. The smallest absolute Gasteiger partial charge is 0.408 e. The lowest BCUT2D eigenvalue weighted by Crippen LogP contribution is -2.43. The van der Waals surface area contributed by atoms with Crippen LogP contribution in [0.15, 0.2) is 54.6 Å². The highest BCUT2D eigenvalue weighted by Gasteiger charge is 2.54. The summed E-state index contributed by atoms with van der Waals surface area (Å²) in [5.41, 5.74) is -3.23. The summed E-state index contributed by atoms with van der Waals surface area (Å²) in [5.74, 6) is -0.733. The Labute approximate surface area is 197 Å². The van der Waals surface area contributed by atoms with Crippen LogP contribution in [0.5, 0.6) is 0 Å². The SMILES string of the molecule is CCOP(=O)(OCC)C(F)(F)c1ccc(CC(NC(=O)OCc2ccccc2)C(=O)OC)cc1. The summed E-state index contributed by atoms with van der Waals surface area (Å²) in [7, 11) is -3.58. The molecule has 2 aromatic rings. The fourth-order valence-corrected chi connectivity index (χ4v) is 4.56. The van der Waals surface area contributed by atoms with E-state index in [2.05, 4.69) is 5.32 Å². The molecule has 0 radical (unpaired) electrons. The Morgan fingerprint density at radius 1 is 0.971 bits per heavy atom. The number of rotatable bonds is 12. The minimum Gasteiger partial charge on any atom is -0.467 e. The maximum absolute atomic E-state index is 14.9. The van der Waals surface area contributed by atoms with Crippen LogP contribution >= 0.6 is 7.60 Å². The van der Waals surface area contributed by atoms with Crippen molar-refractivity contribution in [2.75, 3.05) is 20.3 Å². The van der Waals surface area contributed by atoms with Crippen molar-refractivity contribution in [3.63, 3.8) is 0 Å². The Balaban J connectivity index is 2.10. The predicted molar refractivity (Wildman–Crippen MR) is 120 cm³/mol. The average Bonchev–Trinajstić information content (AvgIpc) is 2.83. The second-order valence-electron chi connectivity index (χ2n) is 7.06. The van der Waals surface area contributed by atoms with Crippen molar-refractivity contribution in [2.24, 2.45) is 0 Å². The van der Waals surface area contributed by atoms with E-state index in [9.17, 15) is 22.9 Å². The number of alkyl halides is 2. The van der Waals surface area contributed by atoms with E-state index < -0.39 is 36.9 Å². The van der Waals surface area contributed by atoms with Crippen LogP contribution in [0.2, 0.25) is 0 Å². The number of esters is 1. The third-order valence-corrected chi connectivity index (χ3v) is 6.82. The van der Waals surface area contributed by atoms with Gasteiger partial charge in [0.2, 0.25) is 0 Å². The summed E-state index contributed by atoms with van der Waals surface area (Å²) < 4.78 is 61.8. The van der Waals surface area contributed by atoms with E-state index in [4.69, 9.17) is 18.5 Å². The molecule has 0 aliphatic carbocycles. The number of benzene rings is 2. The molecule has 0 spiro atoms. The van der Waals surface area contributed by atoms with E-state index in [1.54, 1.807) is 24.3 Å². The molecule has 2 aromatic carbocycles. The maximum atomic E-state index is 14.9. The molecule has 1 N–H and O–H groups in total. The van der Waals surface area contributed by atoms with Gasteiger partial charge >= 0.3 is 25.3 Å². The zero-order chi connectivity index (χ0) is 25.2. The number of hydrogen-bond donors (Lipinski definition) is 1. The first-order valence-electron chi connectivity index (χ1n) is 10.6. The van der Waals surface area contributed by atoms with Gasteiger partial charge in [0.15, 0.2) is 0 Å². The summed E-state index contributed by atoms with van der Waals surface area (Å²) >= 11 is 0. The first kappa shape index (κ1) is 27.4. The zero-order valence-corrected chi connectivity index (χ0v) is 20.1. The summed E-state index contributed by atoms with van der Waals surface area (Å²) in [6, 6.07) is 12.7. The van der Waals surface area contributed by atoms with Crippen molar-refractivity contribution >= 4 is 19.7 Å². The van der Waals surface area contributed by atoms with Crippen molar-refractivity contribution < 1.29 is 41.5 Å². The number of ether oxygens (including phenoxy) is 2. The van der Waals surface area contributed by atoms with E-state index in [-0.39, 0.29) is 26.2 Å². The van der Waals surface area contributed by atoms with Crippen LogP contribution < -0.4 is 5.32 Å². The number of amides is 1. The lowest BCUT2D eigenvalue weighted by molar-refractivity contribution is -0.143. The minimum absolute atomic E-state index is 0.00403. The minimum atomic E-state index is -4.74. The largest absolute Gasteiger partial charge is 0.467 e. The second-order valence-corrected chi connectivity index (χ2v) is 9.13. The molecule has 1 unspecified atom stereocenters. The van der Waals surface area contributed by atoms with Crippen LogP contribution in [0.4, 0.5) is 13.6 Å². The van der Waals surface area contributed by atoms with Crippen LogP contribution in [0.25, 0.3) is 0 Å². The van der Waals surface area contributed by atoms with E-state index in [0.29, 0.717) is 5.56 Å². The van der Waals surface area contributed by atoms with Gasteiger partial charge < -0.3 is 23.8 Å². The van der Waals surface area contributed by atoms with Crippen molar-refractivity contribution in [2.45, 2.75) is 38.6 Å². The standard InChI is InChI=1S/C23H28F2NO7P/c1-4-32-34(29,33-5-2)23(24,25)19-13-11-17(12-14-19)15-20(21(27)30-3)26-22(28)31-16-18-9-7-6-8-10-18/h6-14,20H,4-5,15-16H2,1-3H3,(H,26,28). The van der Waals surface area contributed by atoms with E-state index in [0.717, 1.165) is 24.8 Å². The number of carbonyl (C=O) groups is 2. The van der Waals surface area contributed by atoms with Gasteiger partial charge in [0, 0.05) is 12.0 Å². The molecule has 1 amide bonds. The zero-order valence-electron chi connectivity index (χ0n) is 19.2. The molecule has 11 heteroatoms. The molecule has 0 bridgehead atoms. The summed E-state index contributed by atoms with van der Waals surface area (Å²) in [5, 5.41) is 2.42. The molecular weight excluding hydrogens is 471 g/mol. The molecule has 0 aliphatic heterocycles. The lowest BCUT2D eigenvalue weighted by Gasteiger charge is -2.26. The molecule has 0 heterocycles. The highest BCUT2D eigenvalue weighted by atomic mass is 31.2. The topological polar surface area (TPSA) is 100 Å². The Morgan fingerprint density at radius 3 is 2.09 bits per heavy atom. The Hall–Kier alpha value is -2.81. The van der Waals surface area contributed by atoms with Crippen molar-refractivity contribution in [1.82, 2.24) is 5.32 Å². The van der Waals surface area contributed by atoms with Crippen LogP contribution in [-0.2, 0) is 46.6 Å². The first-order chi connectivity index (χ1) is 16.2. The fraction of sp³-hybridized carbons (Fsp3) is 0.391. The average molecular weight is 499 g/mol. The van der Waals surface area contributed by atoms with Gasteiger partial charge in [-0.2, -0.15) is 8.78 Å². The monoisotopic (exact) mass is 499 g/mol. The Bertz CT molecular complexity index is 977. The predicted octanol–water partition coefficient (Wildman–Crippen LogP) is 5.01.